The lowest BCUT2D eigenvalue weighted by Crippen LogP contribution is -2.46. The van der Waals surface area contributed by atoms with Crippen LogP contribution in [-0.4, -0.2) is 35.8 Å². The summed E-state index contributed by atoms with van der Waals surface area (Å²) in [6, 6.07) is 0.377. The lowest BCUT2D eigenvalue weighted by atomic mass is 10.2. The summed E-state index contributed by atoms with van der Waals surface area (Å²) < 4.78 is 5.43. The second-order valence-electron chi connectivity index (χ2n) is 3.65. The van der Waals surface area contributed by atoms with Gasteiger partial charge in [-0.05, 0) is 6.42 Å². The second-order valence-corrected chi connectivity index (χ2v) is 3.65. The Labute approximate surface area is 89.3 Å². The number of hydrogen-bond acceptors (Lipinski definition) is 5. The lowest BCUT2D eigenvalue weighted by molar-refractivity contribution is 0.0921. The van der Waals surface area contributed by atoms with Crippen molar-refractivity contribution in [1.82, 2.24) is 9.97 Å². The molecule has 0 radical (unpaired) electrons. The summed E-state index contributed by atoms with van der Waals surface area (Å²) in [7, 11) is 0. The van der Waals surface area contributed by atoms with Gasteiger partial charge in [-0.2, -0.15) is 0 Å². The number of rotatable bonds is 2. The largest absolute Gasteiger partial charge is 0.396 e. The summed E-state index contributed by atoms with van der Waals surface area (Å²) >= 11 is 0. The Kier molecular flexibility index (Phi) is 3.01. The SMILES string of the molecule is CCC1COCCN1c1ncc(N)cn1. The van der Waals surface area contributed by atoms with Crippen LogP contribution in [0.15, 0.2) is 12.4 Å². The van der Waals surface area contributed by atoms with Crippen LogP contribution in [0, 0.1) is 0 Å². The molecule has 1 saturated heterocycles. The van der Waals surface area contributed by atoms with Crippen LogP contribution in [-0.2, 0) is 4.74 Å². The van der Waals surface area contributed by atoms with E-state index in [1.165, 1.54) is 0 Å². The van der Waals surface area contributed by atoms with Crippen LogP contribution in [0.25, 0.3) is 0 Å². The Bertz CT molecular complexity index is 314. The van der Waals surface area contributed by atoms with Crippen LogP contribution >= 0.6 is 0 Å². The molecule has 1 atom stereocenters. The molecule has 0 spiro atoms. The number of nitrogen functional groups attached to an aromatic ring is 1. The normalized spacial score (nSPS) is 21.7. The van der Waals surface area contributed by atoms with Gasteiger partial charge in [0.15, 0.2) is 0 Å². The van der Waals surface area contributed by atoms with Crippen molar-refractivity contribution in [3.63, 3.8) is 0 Å². The third-order valence-electron chi connectivity index (χ3n) is 2.61. The zero-order valence-corrected chi connectivity index (χ0v) is 8.89. The zero-order valence-electron chi connectivity index (χ0n) is 8.89. The number of morpholine rings is 1. The Hall–Kier alpha value is -1.36. The molecule has 1 aliphatic heterocycles. The van der Waals surface area contributed by atoms with Gasteiger partial charge in [0.25, 0.3) is 0 Å². The van der Waals surface area contributed by atoms with E-state index in [1.54, 1.807) is 12.4 Å². The number of aromatic nitrogens is 2. The van der Waals surface area contributed by atoms with Gasteiger partial charge in [-0.1, -0.05) is 6.92 Å². The summed E-state index contributed by atoms with van der Waals surface area (Å²) in [6.07, 6.45) is 4.32. The summed E-state index contributed by atoms with van der Waals surface area (Å²) in [5.41, 5.74) is 6.15. The molecule has 1 aromatic rings. The van der Waals surface area contributed by atoms with E-state index in [9.17, 15) is 0 Å². The first-order valence-corrected chi connectivity index (χ1v) is 5.23. The smallest absolute Gasteiger partial charge is 0.225 e. The van der Waals surface area contributed by atoms with Crippen molar-refractivity contribution >= 4 is 11.6 Å². The van der Waals surface area contributed by atoms with Gasteiger partial charge < -0.3 is 15.4 Å². The second kappa shape index (κ2) is 4.44. The molecule has 0 aromatic carbocycles. The Morgan fingerprint density at radius 2 is 2.27 bits per heavy atom. The van der Waals surface area contributed by atoms with Crippen molar-refractivity contribution in [3.05, 3.63) is 12.4 Å². The van der Waals surface area contributed by atoms with Gasteiger partial charge in [0, 0.05) is 6.54 Å². The predicted molar refractivity (Wildman–Crippen MR) is 58.7 cm³/mol. The van der Waals surface area contributed by atoms with Crippen LogP contribution in [0.4, 0.5) is 11.6 Å². The Morgan fingerprint density at radius 1 is 1.53 bits per heavy atom. The van der Waals surface area contributed by atoms with E-state index in [-0.39, 0.29) is 0 Å². The van der Waals surface area contributed by atoms with Gasteiger partial charge in [-0.3, -0.25) is 0 Å². The molecule has 1 fully saturated rings. The fourth-order valence-corrected chi connectivity index (χ4v) is 1.74. The van der Waals surface area contributed by atoms with E-state index in [4.69, 9.17) is 10.5 Å². The standard InChI is InChI=1S/C10H16N4O/c1-2-9-7-15-4-3-14(9)10-12-5-8(11)6-13-10/h5-6,9H,2-4,7,11H2,1H3. The van der Waals surface area contributed by atoms with E-state index in [2.05, 4.69) is 21.8 Å². The molecule has 2 heterocycles. The highest BCUT2D eigenvalue weighted by atomic mass is 16.5. The van der Waals surface area contributed by atoms with Crippen LogP contribution in [0.1, 0.15) is 13.3 Å². The highest BCUT2D eigenvalue weighted by Crippen LogP contribution is 2.16. The molecule has 2 rings (SSSR count). The Morgan fingerprint density at radius 3 is 2.93 bits per heavy atom. The minimum atomic E-state index is 0.377. The van der Waals surface area contributed by atoms with Crippen molar-refractivity contribution in [3.8, 4) is 0 Å². The molecular formula is C10H16N4O. The van der Waals surface area contributed by atoms with Crippen LogP contribution in [0.3, 0.4) is 0 Å². The zero-order chi connectivity index (χ0) is 10.7. The Balaban J connectivity index is 2.16. The summed E-state index contributed by atoms with van der Waals surface area (Å²) in [5, 5.41) is 0. The maximum Gasteiger partial charge on any atom is 0.225 e. The first-order valence-electron chi connectivity index (χ1n) is 5.23. The van der Waals surface area contributed by atoms with Gasteiger partial charge in [0.1, 0.15) is 0 Å². The molecule has 1 aromatic heterocycles. The number of nitrogens with two attached hydrogens (primary N) is 1. The van der Waals surface area contributed by atoms with E-state index in [1.807, 2.05) is 0 Å². The third-order valence-corrected chi connectivity index (χ3v) is 2.61. The lowest BCUT2D eigenvalue weighted by Gasteiger charge is -2.34. The molecule has 1 unspecified atom stereocenters. The van der Waals surface area contributed by atoms with E-state index < -0.39 is 0 Å². The summed E-state index contributed by atoms with van der Waals surface area (Å²) in [4.78, 5) is 10.7. The number of hydrogen-bond donors (Lipinski definition) is 1. The molecular weight excluding hydrogens is 192 g/mol. The quantitative estimate of drug-likeness (QED) is 0.774. The monoisotopic (exact) mass is 208 g/mol. The fraction of sp³-hybridized carbons (Fsp3) is 0.600. The van der Waals surface area contributed by atoms with E-state index in [0.717, 1.165) is 32.1 Å². The van der Waals surface area contributed by atoms with Crippen LogP contribution < -0.4 is 10.6 Å². The molecule has 5 nitrogen and oxygen atoms in total. The number of ether oxygens (including phenoxy) is 1. The topological polar surface area (TPSA) is 64.3 Å². The summed E-state index contributed by atoms with van der Waals surface area (Å²) in [6.45, 7) is 4.49. The van der Waals surface area contributed by atoms with Gasteiger partial charge >= 0.3 is 0 Å². The number of anilines is 2. The van der Waals surface area contributed by atoms with Crippen LogP contribution in [0.5, 0.6) is 0 Å². The van der Waals surface area contributed by atoms with E-state index >= 15 is 0 Å². The maximum atomic E-state index is 5.56. The minimum absolute atomic E-state index is 0.377. The minimum Gasteiger partial charge on any atom is -0.396 e. The molecule has 0 amide bonds. The van der Waals surface area contributed by atoms with Crippen molar-refractivity contribution in [2.75, 3.05) is 30.4 Å². The molecule has 0 aliphatic carbocycles. The van der Waals surface area contributed by atoms with Gasteiger partial charge in [-0.25, -0.2) is 9.97 Å². The van der Waals surface area contributed by atoms with Crippen molar-refractivity contribution in [1.29, 1.82) is 0 Å². The molecule has 5 heteroatoms. The van der Waals surface area contributed by atoms with Crippen molar-refractivity contribution in [2.24, 2.45) is 0 Å². The van der Waals surface area contributed by atoms with Crippen LogP contribution in [0.2, 0.25) is 0 Å². The molecule has 15 heavy (non-hydrogen) atoms. The third kappa shape index (κ3) is 2.18. The highest BCUT2D eigenvalue weighted by molar-refractivity contribution is 5.38. The summed E-state index contributed by atoms with van der Waals surface area (Å²) in [5.74, 6) is 0.749. The molecule has 1 aliphatic rings. The molecule has 0 saturated carbocycles. The average Bonchev–Trinajstić information content (AvgIpc) is 2.30. The first-order chi connectivity index (χ1) is 7.31. The van der Waals surface area contributed by atoms with Gasteiger partial charge in [0.2, 0.25) is 5.95 Å². The van der Waals surface area contributed by atoms with Gasteiger partial charge in [-0.15, -0.1) is 0 Å². The first kappa shape index (κ1) is 10.2. The molecule has 0 bridgehead atoms. The van der Waals surface area contributed by atoms with Crippen molar-refractivity contribution < 1.29 is 4.74 Å². The molecule has 82 valence electrons. The number of nitrogens with zero attached hydrogens (tertiary/aromatic N) is 3. The van der Waals surface area contributed by atoms with Crippen molar-refractivity contribution in [2.45, 2.75) is 19.4 Å². The highest BCUT2D eigenvalue weighted by Gasteiger charge is 2.23. The van der Waals surface area contributed by atoms with Gasteiger partial charge in [0.05, 0.1) is 37.3 Å². The average molecular weight is 208 g/mol. The molecule has 2 N–H and O–H groups in total. The predicted octanol–water partition coefficient (Wildman–Crippen LogP) is 0.674. The fourth-order valence-electron chi connectivity index (χ4n) is 1.74. The maximum absolute atomic E-state index is 5.56. The van der Waals surface area contributed by atoms with E-state index in [0.29, 0.717) is 11.7 Å².